The van der Waals surface area contributed by atoms with Crippen molar-refractivity contribution in [3.8, 4) is 5.88 Å². The van der Waals surface area contributed by atoms with Gasteiger partial charge in [0.05, 0.1) is 19.1 Å². The van der Waals surface area contributed by atoms with Crippen molar-refractivity contribution in [2.24, 2.45) is 5.92 Å². The average Bonchev–Trinajstić information content (AvgIpc) is 3.04. The largest absolute Gasteiger partial charge is 0.480 e. The van der Waals surface area contributed by atoms with Crippen LogP contribution in [-0.2, 0) is 6.54 Å². The monoisotopic (exact) mass is 287 g/mol. The van der Waals surface area contributed by atoms with Crippen LogP contribution < -0.4 is 4.74 Å². The number of hydrogen-bond acceptors (Lipinski definition) is 5. The van der Waals surface area contributed by atoms with Crippen LogP contribution in [0.15, 0.2) is 30.9 Å². The number of methoxy groups -OCH3 is 1. The van der Waals surface area contributed by atoms with E-state index in [9.17, 15) is 0 Å². The van der Waals surface area contributed by atoms with E-state index >= 15 is 0 Å². The molecule has 2 aromatic rings. The Morgan fingerprint density at radius 3 is 2.90 bits per heavy atom. The van der Waals surface area contributed by atoms with Gasteiger partial charge in [0.25, 0.3) is 0 Å². The fourth-order valence-corrected chi connectivity index (χ4v) is 2.88. The maximum atomic E-state index is 5.04. The van der Waals surface area contributed by atoms with Crippen LogP contribution in [0.25, 0.3) is 0 Å². The molecule has 1 saturated heterocycles. The van der Waals surface area contributed by atoms with Gasteiger partial charge < -0.3 is 9.30 Å². The van der Waals surface area contributed by atoms with Crippen LogP contribution in [0.2, 0.25) is 0 Å². The van der Waals surface area contributed by atoms with Crippen molar-refractivity contribution in [2.45, 2.75) is 25.9 Å². The quantitative estimate of drug-likeness (QED) is 0.857. The van der Waals surface area contributed by atoms with Crippen LogP contribution >= 0.6 is 0 Å². The van der Waals surface area contributed by atoms with Gasteiger partial charge in [0.2, 0.25) is 5.88 Å². The summed E-state index contributed by atoms with van der Waals surface area (Å²) in [5, 5.41) is 8.25. The van der Waals surface area contributed by atoms with Crippen LogP contribution in [0.3, 0.4) is 0 Å². The minimum Gasteiger partial charge on any atom is -0.480 e. The number of likely N-dealkylation sites (tertiary alicyclic amines) is 1. The molecule has 3 rings (SSSR count). The Hall–Kier alpha value is -1.95. The standard InChI is InChI=1S/C15H21N5O/c1-12-5-7-19(10-14(12)20-8-6-16-11-20)9-13-3-4-15(21-2)18-17-13/h3-4,6,8,11-12,14H,5,7,9-10H2,1-2H3/t12-,14-/m0/s1. The van der Waals surface area contributed by atoms with Crippen LogP contribution in [0, 0.1) is 5.92 Å². The summed E-state index contributed by atoms with van der Waals surface area (Å²) >= 11 is 0. The highest BCUT2D eigenvalue weighted by molar-refractivity contribution is 5.11. The number of nitrogens with zero attached hydrogens (tertiary/aromatic N) is 5. The van der Waals surface area contributed by atoms with Gasteiger partial charge in [-0.3, -0.25) is 4.90 Å². The number of imidazole rings is 1. The van der Waals surface area contributed by atoms with E-state index in [0.29, 0.717) is 17.8 Å². The van der Waals surface area contributed by atoms with E-state index in [2.05, 4.69) is 37.8 Å². The molecule has 1 fully saturated rings. The topological polar surface area (TPSA) is 56.1 Å². The normalized spacial score (nSPS) is 23.1. The van der Waals surface area contributed by atoms with Crippen LogP contribution in [0.4, 0.5) is 0 Å². The molecule has 0 radical (unpaired) electrons. The lowest BCUT2D eigenvalue weighted by atomic mass is 9.93. The summed E-state index contributed by atoms with van der Waals surface area (Å²) in [7, 11) is 1.60. The van der Waals surface area contributed by atoms with Gasteiger partial charge in [0.15, 0.2) is 0 Å². The van der Waals surface area contributed by atoms with E-state index in [-0.39, 0.29) is 0 Å². The molecule has 6 nitrogen and oxygen atoms in total. The predicted molar refractivity (Wildman–Crippen MR) is 78.9 cm³/mol. The zero-order valence-corrected chi connectivity index (χ0v) is 12.5. The molecule has 112 valence electrons. The fraction of sp³-hybridized carbons (Fsp3) is 0.533. The van der Waals surface area contributed by atoms with E-state index in [1.165, 1.54) is 6.42 Å². The fourth-order valence-electron chi connectivity index (χ4n) is 2.88. The molecule has 1 aliphatic rings. The summed E-state index contributed by atoms with van der Waals surface area (Å²) in [6.07, 6.45) is 7.00. The van der Waals surface area contributed by atoms with Gasteiger partial charge in [0, 0.05) is 37.6 Å². The van der Waals surface area contributed by atoms with Gasteiger partial charge in [-0.25, -0.2) is 4.98 Å². The van der Waals surface area contributed by atoms with Crippen LogP contribution in [0.5, 0.6) is 5.88 Å². The zero-order valence-electron chi connectivity index (χ0n) is 12.5. The molecule has 0 unspecified atom stereocenters. The zero-order chi connectivity index (χ0) is 14.7. The molecule has 2 aromatic heterocycles. The summed E-state index contributed by atoms with van der Waals surface area (Å²) in [6, 6.07) is 4.32. The van der Waals surface area contributed by atoms with Gasteiger partial charge in [-0.1, -0.05) is 6.92 Å². The Labute approximate surface area is 124 Å². The second-order valence-electron chi connectivity index (χ2n) is 5.65. The first-order chi connectivity index (χ1) is 10.3. The van der Waals surface area contributed by atoms with E-state index in [0.717, 1.165) is 25.3 Å². The number of hydrogen-bond donors (Lipinski definition) is 0. The maximum Gasteiger partial charge on any atom is 0.233 e. The van der Waals surface area contributed by atoms with Crippen molar-refractivity contribution in [3.05, 3.63) is 36.5 Å². The molecule has 0 aliphatic carbocycles. The molecule has 21 heavy (non-hydrogen) atoms. The third-order valence-corrected chi connectivity index (χ3v) is 4.20. The molecule has 2 atom stereocenters. The molecule has 0 N–H and O–H groups in total. The smallest absolute Gasteiger partial charge is 0.233 e. The van der Waals surface area contributed by atoms with Crippen LogP contribution in [0.1, 0.15) is 25.1 Å². The lowest BCUT2D eigenvalue weighted by Gasteiger charge is -2.37. The van der Waals surface area contributed by atoms with Crippen molar-refractivity contribution in [1.82, 2.24) is 24.6 Å². The van der Waals surface area contributed by atoms with Gasteiger partial charge >= 0.3 is 0 Å². The van der Waals surface area contributed by atoms with Crippen molar-refractivity contribution in [1.29, 1.82) is 0 Å². The molecule has 3 heterocycles. The van der Waals surface area contributed by atoms with Gasteiger partial charge in [-0.2, -0.15) is 5.10 Å². The molecule has 0 spiro atoms. The summed E-state index contributed by atoms with van der Waals surface area (Å²) in [4.78, 5) is 6.60. The number of rotatable bonds is 4. The second-order valence-corrected chi connectivity index (χ2v) is 5.65. The highest BCUT2D eigenvalue weighted by atomic mass is 16.5. The number of ether oxygens (including phenoxy) is 1. The second kappa shape index (κ2) is 6.22. The number of piperidine rings is 1. The summed E-state index contributed by atoms with van der Waals surface area (Å²) < 4.78 is 7.26. The molecule has 0 aromatic carbocycles. The summed E-state index contributed by atoms with van der Waals surface area (Å²) in [6.45, 7) is 5.26. The number of aromatic nitrogens is 4. The van der Waals surface area contributed by atoms with Crippen molar-refractivity contribution < 1.29 is 4.74 Å². The Balaban J connectivity index is 1.65. The van der Waals surface area contributed by atoms with Crippen molar-refractivity contribution >= 4 is 0 Å². The van der Waals surface area contributed by atoms with E-state index in [1.807, 2.05) is 24.7 Å². The molecule has 0 saturated carbocycles. The molecule has 6 heteroatoms. The molecule has 0 bridgehead atoms. The Morgan fingerprint density at radius 2 is 2.24 bits per heavy atom. The SMILES string of the molecule is COc1ccc(CN2CC[C@H](C)[C@@H](n3ccnc3)C2)nn1. The van der Waals surface area contributed by atoms with Gasteiger partial charge in [-0.15, -0.1) is 5.10 Å². The minimum atomic E-state index is 0.479. The first kappa shape index (κ1) is 14.0. The maximum absolute atomic E-state index is 5.04. The highest BCUT2D eigenvalue weighted by Crippen LogP contribution is 2.28. The summed E-state index contributed by atoms with van der Waals surface area (Å²) in [5.41, 5.74) is 0.981. The van der Waals surface area contributed by atoms with E-state index in [4.69, 9.17) is 4.74 Å². The Morgan fingerprint density at radius 1 is 1.33 bits per heavy atom. The Bertz CT molecular complexity index is 554. The highest BCUT2D eigenvalue weighted by Gasteiger charge is 2.27. The lowest BCUT2D eigenvalue weighted by molar-refractivity contribution is 0.125. The minimum absolute atomic E-state index is 0.479. The van der Waals surface area contributed by atoms with Gasteiger partial charge in [0.1, 0.15) is 0 Å². The Kier molecular flexibility index (Phi) is 4.15. The molecule has 1 aliphatic heterocycles. The molecule has 0 amide bonds. The summed E-state index contributed by atoms with van der Waals surface area (Å²) in [5.74, 6) is 1.22. The van der Waals surface area contributed by atoms with Crippen molar-refractivity contribution in [3.63, 3.8) is 0 Å². The first-order valence-electron chi connectivity index (χ1n) is 7.32. The predicted octanol–water partition coefficient (Wildman–Crippen LogP) is 1.76. The van der Waals surface area contributed by atoms with Crippen molar-refractivity contribution in [2.75, 3.05) is 20.2 Å². The van der Waals surface area contributed by atoms with Gasteiger partial charge in [-0.05, 0) is 24.9 Å². The average molecular weight is 287 g/mol. The third-order valence-electron chi connectivity index (χ3n) is 4.20. The van der Waals surface area contributed by atoms with E-state index < -0.39 is 0 Å². The van der Waals surface area contributed by atoms with E-state index in [1.54, 1.807) is 7.11 Å². The first-order valence-corrected chi connectivity index (χ1v) is 7.32. The lowest BCUT2D eigenvalue weighted by Crippen LogP contribution is -2.40. The molecular weight excluding hydrogens is 266 g/mol. The third kappa shape index (κ3) is 3.21. The van der Waals surface area contributed by atoms with Crippen LogP contribution in [-0.4, -0.2) is 44.8 Å². The molecular formula is C15H21N5O.